The summed E-state index contributed by atoms with van der Waals surface area (Å²) in [6, 6.07) is 3.60. The molecule has 2 heterocycles. The Morgan fingerprint density at radius 3 is 2.57 bits per heavy atom. The summed E-state index contributed by atoms with van der Waals surface area (Å²) in [6.45, 7) is 4.62. The monoisotopic (exact) mass is 286 g/mol. The number of hydrogen-bond donors (Lipinski definition) is 1. The summed E-state index contributed by atoms with van der Waals surface area (Å²) < 4.78 is 5.35. The lowest BCUT2D eigenvalue weighted by atomic mass is 9.77. The van der Waals surface area contributed by atoms with Gasteiger partial charge in [-0.05, 0) is 49.7 Å². The van der Waals surface area contributed by atoms with Crippen LogP contribution < -0.4 is 5.73 Å². The fourth-order valence-corrected chi connectivity index (χ4v) is 3.08. The second-order valence-corrected chi connectivity index (χ2v) is 6.29. The first-order valence-corrected chi connectivity index (χ1v) is 7.69. The van der Waals surface area contributed by atoms with Crippen molar-refractivity contribution in [2.24, 2.45) is 11.8 Å². The molecule has 1 fully saturated rings. The van der Waals surface area contributed by atoms with Gasteiger partial charge in [0.15, 0.2) is 5.82 Å². The fraction of sp³-hybridized carbons (Fsp3) is 0.562. The van der Waals surface area contributed by atoms with Gasteiger partial charge in [0, 0.05) is 5.92 Å². The lowest BCUT2D eigenvalue weighted by Gasteiger charge is -2.29. The molecule has 0 saturated heterocycles. The molecule has 112 valence electrons. The summed E-state index contributed by atoms with van der Waals surface area (Å²) in [5, 5.41) is 4.15. The van der Waals surface area contributed by atoms with Gasteiger partial charge in [0.1, 0.15) is 5.69 Å². The first-order chi connectivity index (χ1) is 10.1. The van der Waals surface area contributed by atoms with E-state index >= 15 is 0 Å². The van der Waals surface area contributed by atoms with E-state index in [1.54, 1.807) is 12.3 Å². The van der Waals surface area contributed by atoms with Gasteiger partial charge >= 0.3 is 0 Å². The molecule has 0 atom stereocenters. The van der Waals surface area contributed by atoms with Gasteiger partial charge in [0.25, 0.3) is 5.89 Å². The smallest absolute Gasteiger partial charge is 0.276 e. The third-order valence-electron chi connectivity index (χ3n) is 4.53. The Bertz CT molecular complexity index is 583. The number of nitrogen functional groups attached to an aromatic ring is 1. The van der Waals surface area contributed by atoms with Crippen LogP contribution in [0.4, 0.5) is 5.69 Å². The van der Waals surface area contributed by atoms with Gasteiger partial charge in [-0.1, -0.05) is 19.0 Å². The maximum atomic E-state index is 5.64. The van der Waals surface area contributed by atoms with Crippen LogP contribution in [-0.2, 0) is 0 Å². The minimum atomic E-state index is 0.422. The first kappa shape index (κ1) is 14.0. The van der Waals surface area contributed by atoms with E-state index in [9.17, 15) is 0 Å². The average molecular weight is 286 g/mol. The maximum absolute atomic E-state index is 5.64. The highest BCUT2D eigenvalue weighted by molar-refractivity contribution is 5.50. The molecule has 0 radical (unpaired) electrons. The molecular formula is C16H22N4O. The molecule has 5 nitrogen and oxygen atoms in total. The molecule has 2 aromatic rings. The van der Waals surface area contributed by atoms with E-state index in [2.05, 4.69) is 29.0 Å². The predicted molar refractivity (Wildman–Crippen MR) is 81.5 cm³/mol. The van der Waals surface area contributed by atoms with E-state index in [0.29, 0.717) is 23.2 Å². The van der Waals surface area contributed by atoms with Crippen LogP contribution in [0.2, 0.25) is 0 Å². The molecule has 2 N–H and O–H groups in total. The zero-order valence-electron chi connectivity index (χ0n) is 12.6. The van der Waals surface area contributed by atoms with Crippen LogP contribution >= 0.6 is 0 Å². The van der Waals surface area contributed by atoms with Crippen LogP contribution in [0.3, 0.4) is 0 Å². The predicted octanol–water partition coefficient (Wildman–Crippen LogP) is 3.64. The van der Waals surface area contributed by atoms with Crippen molar-refractivity contribution in [3.05, 3.63) is 24.2 Å². The van der Waals surface area contributed by atoms with Gasteiger partial charge in [-0.2, -0.15) is 4.98 Å². The minimum Gasteiger partial charge on any atom is -0.397 e. The molecule has 0 aliphatic heterocycles. The molecule has 5 heteroatoms. The van der Waals surface area contributed by atoms with Gasteiger partial charge in [0.05, 0.1) is 11.9 Å². The molecule has 1 aliphatic rings. The highest BCUT2D eigenvalue weighted by Crippen LogP contribution is 2.37. The molecule has 0 aromatic carbocycles. The van der Waals surface area contributed by atoms with Crippen molar-refractivity contribution >= 4 is 5.69 Å². The number of pyridine rings is 1. The number of nitrogens with zero attached hydrogens (tertiary/aromatic N) is 3. The van der Waals surface area contributed by atoms with Crippen molar-refractivity contribution in [1.82, 2.24) is 15.1 Å². The Hall–Kier alpha value is -1.91. The van der Waals surface area contributed by atoms with Crippen molar-refractivity contribution in [3.63, 3.8) is 0 Å². The molecule has 0 unspecified atom stereocenters. The standard InChI is InChI=1S/C16H22N4O/c1-10(2)11-3-5-12(6-4-11)15-19-16(21-20-15)14-8-7-13(17)9-18-14/h7-12H,3-6,17H2,1-2H3. The van der Waals surface area contributed by atoms with E-state index in [0.717, 1.165) is 30.5 Å². The van der Waals surface area contributed by atoms with Crippen LogP contribution in [0.25, 0.3) is 11.6 Å². The lowest BCUT2D eigenvalue weighted by Crippen LogP contribution is -2.18. The molecular weight excluding hydrogens is 264 g/mol. The summed E-state index contributed by atoms with van der Waals surface area (Å²) in [5.74, 6) is 3.34. The quantitative estimate of drug-likeness (QED) is 0.932. The second-order valence-electron chi connectivity index (χ2n) is 6.29. The van der Waals surface area contributed by atoms with E-state index < -0.39 is 0 Å². The first-order valence-electron chi connectivity index (χ1n) is 7.69. The van der Waals surface area contributed by atoms with Crippen molar-refractivity contribution in [2.75, 3.05) is 5.73 Å². The minimum absolute atomic E-state index is 0.422. The van der Waals surface area contributed by atoms with Crippen LogP contribution in [0.15, 0.2) is 22.9 Å². The number of anilines is 1. The van der Waals surface area contributed by atoms with Gasteiger partial charge in [-0.3, -0.25) is 0 Å². The third-order valence-corrected chi connectivity index (χ3v) is 4.53. The van der Waals surface area contributed by atoms with Crippen molar-refractivity contribution in [2.45, 2.75) is 45.4 Å². The molecule has 21 heavy (non-hydrogen) atoms. The summed E-state index contributed by atoms with van der Waals surface area (Å²) >= 11 is 0. The van der Waals surface area contributed by atoms with Gasteiger partial charge in [-0.15, -0.1) is 0 Å². The van der Waals surface area contributed by atoms with Crippen molar-refractivity contribution in [3.8, 4) is 11.6 Å². The van der Waals surface area contributed by atoms with Gasteiger partial charge < -0.3 is 10.3 Å². The van der Waals surface area contributed by atoms with Gasteiger partial charge in [0.2, 0.25) is 0 Å². The highest BCUT2D eigenvalue weighted by atomic mass is 16.5. The largest absolute Gasteiger partial charge is 0.397 e. The Morgan fingerprint density at radius 1 is 1.19 bits per heavy atom. The fourth-order valence-electron chi connectivity index (χ4n) is 3.08. The van der Waals surface area contributed by atoms with Crippen LogP contribution in [0.1, 0.15) is 51.3 Å². The molecule has 3 rings (SSSR count). The van der Waals surface area contributed by atoms with Crippen LogP contribution in [0.5, 0.6) is 0 Å². The third kappa shape index (κ3) is 3.06. The summed E-state index contributed by atoms with van der Waals surface area (Å²) in [7, 11) is 0. The van der Waals surface area contributed by atoms with E-state index in [-0.39, 0.29) is 0 Å². The van der Waals surface area contributed by atoms with Crippen molar-refractivity contribution < 1.29 is 4.52 Å². The van der Waals surface area contributed by atoms with E-state index in [4.69, 9.17) is 10.3 Å². The second kappa shape index (κ2) is 5.84. The Labute approximate surface area is 125 Å². The zero-order valence-corrected chi connectivity index (χ0v) is 12.6. The zero-order chi connectivity index (χ0) is 14.8. The van der Waals surface area contributed by atoms with Gasteiger partial charge in [-0.25, -0.2) is 4.98 Å². The molecule has 0 spiro atoms. The summed E-state index contributed by atoms with van der Waals surface area (Å²) in [6.07, 6.45) is 6.42. The number of nitrogens with two attached hydrogens (primary N) is 1. The lowest BCUT2D eigenvalue weighted by molar-refractivity contribution is 0.252. The van der Waals surface area contributed by atoms with Crippen LogP contribution in [-0.4, -0.2) is 15.1 Å². The van der Waals surface area contributed by atoms with E-state index in [1.807, 2.05) is 6.07 Å². The summed E-state index contributed by atoms with van der Waals surface area (Å²) in [5.41, 5.74) is 6.94. The highest BCUT2D eigenvalue weighted by Gasteiger charge is 2.27. The molecule has 0 amide bonds. The Balaban J connectivity index is 1.70. The Kier molecular flexibility index (Phi) is 3.90. The number of rotatable bonds is 3. The Morgan fingerprint density at radius 2 is 1.95 bits per heavy atom. The van der Waals surface area contributed by atoms with Crippen LogP contribution in [0, 0.1) is 11.8 Å². The number of aromatic nitrogens is 3. The SMILES string of the molecule is CC(C)C1CCC(c2noc(-c3ccc(N)cn3)n2)CC1. The topological polar surface area (TPSA) is 77.8 Å². The molecule has 1 saturated carbocycles. The number of hydrogen-bond acceptors (Lipinski definition) is 5. The molecule has 0 bridgehead atoms. The van der Waals surface area contributed by atoms with Crippen molar-refractivity contribution in [1.29, 1.82) is 0 Å². The average Bonchev–Trinajstić information content (AvgIpc) is 2.98. The summed E-state index contributed by atoms with van der Waals surface area (Å²) in [4.78, 5) is 8.74. The maximum Gasteiger partial charge on any atom is 0.276 e. The normalized spacial score (nSPS) is 22.6. The molecule has 1 aliphatic carbocycles. The molecule has 2 aromatic heterocycles. The van der Waals surface area contributed by atoms with E-state index in [1.165, 1.54) is 12.8 Å².